The molecule has 0 amide bonds. The number of hydrogen-bond donors (Lipinski definition) is 1. The lowest BCUT2D eigenvalue weighted by atomic mass is 10.0. The minimum Gasteiger partial charge on any atom is -0.393 e. The predicted molar refractivity (Wildman–Crippen MR) is 70.8 cm³/mol. The molecule has 2 N–H and O–H groups in total. The summed E-state index contributed by atoms with van der Waals surface area (Å²) in [6.07, 6.45) is 3.67. The first kappa shape index (κ1) is 13.2. The van der Waals surface area contributed by atoms with E-state index >= 15 is 0 Å². The fraction of sp³-hybridized carbons (Fsp3) is 0.900. The summed E-state index contributed by atoms with van der Waals surface area (Å²) in [4.78, 5) is 0.436. The van der Waals surface area contributed by atoms with E-state index in [2.05, 4.69) is 0 Å². The highest BCUT2D eigenvalue weighted by atomic mass is 32.2. The molecule has 2 rings (SSSR count). The summed E-state index contributed by atoms with van der Waals surface area (Å²) in [7, 11) is -3.28. The topological polar surface area (TPSA) is 66.6 Å². The van der Waals surface area contributed by atoms with Crippen molar-refractivity contribution in [3.8, 4) is 0 Å². The Kier molecular flexibility index (Phi) is 4.02. The van der Waals surface area contributed by atoms with Gasteiger partial charge in [-0.05, 0) is 25.7 Å². The molecular formula is C10H19N3O2S2. The van der Waals surface area contributed by atoms with Crippen molar-refractivity contribution in [2.75, 3.05) is 26.2 Å². The molecule has 7 heteroatoms. The van der Waals surface area contributed by atoms with Crippen molar-refractivity contribution in [1.82, 2.24) is 8.61 Å². The van der Waals surface area contributed by atoms with Gasteiger partial charge in [-0.1, -0.05) is 12.2 Å². The molecule has 0 radical (unpaired) electrons. The minimum absolute atomic E-state index is 0.0381. The number of thiocarbonyl (C=S) groups is 1. The summed E-state index contributed by atoms with van der Waals surface area (Å²) in [5, 5.41) is 0. The summed E-state index contributed by atoms with van der Waals surface area (Å²) < 4.78 is 27.8. The zero-order valence-electron chi connectivity index (χ0n) is 9.84. The first-order chi connectivity index (χ1) is 8.01. The Balaban J connectivity index is 2.08. The zero-order valence-corrected chi connectivity index (χ0v) is 11.5. The highest BCUT2D eigenvalue weighted by Gasteiger charge is 2.35. The number of nitrogens with zero attached hydrogens (tertiary/aromatic N) is 2. The fourth-order valence-electron chi connectivity index (χ4n) is 2.47. The molecule has 2 aliphatic heterocycles. The normalized spacial score (nSPS) is 28.4. The average molecular weight is 277 g/mol. The lowest BCUT2D eigenvalue weighted by molar-refractivity contribution is 0.290. The molecule has 0 aliphatic carbocycles. The van der Waals surface area contributed by atoms with E-state index in [1.807, 2.05) is 0 Å². The van der Waals surface area contributed by atoms with Crippen LogP contribution in [0.1, 0.15) is 25.7 Å². The van der Waals surface area contributed by atoms with Crippen molar-refractivity contribution in [1.29, 1.82) is 0 Å². The van der Waals surface area contributed by atoms with Crippen molar-refractivity contribution >= 4 is 27.4 Å². The van der Waals surface area contributed by atoms with Crippen LogP contribution >= 0.6 is 12.2 Å². The van der Waals surface area contributed by atoms with Crippen molar-refractivity contribution < 1.29 is 8.42 Å². The lowest BCUT2D eigenvalue weighted by Gasteiger charge is -2.33. The maximum Gasteiger partial charge on any atom is 0.281 e. The van der Waals surface area contributed by atoms with Gasteiger partial charge in [-0.2, -0.15) is 17.0 Å². The lowest BCUT2D eigenvalue weighted by Crippen LogP contribution is -2.48. The Morgan fingerprint density at radius 3 is 2.29 bits per heavy atom. The van der Waals surface area contributed by atoms with Crippen LogP contribution in [0.3, 0.4) is 0 Å². The highest BCUT2D eigenvalue weighted by molar-refractivity contribution is 7.86. The summed E-state index contributed by atoms with van der Waals surface area (Å²) >= 11 is 4.97. The van der Waals surface area contributed by atoms with E-state index in [4.69, 9.17) is 18.0 Å². The van der Waals surface area contributed by atoms with Gasteiger partial charge in [-0.25, -0.2) is 0 Å². The quantitative estimate of drug-likeness (QED) is 0.755. The fourth-order valence-corrected chi connectivity index (χ4v) is 4.43. The first-order valence-electron chi connectivity index (χ1n) is 6.06. The Morgan fingerprint density at radius 2 is 1.71 bits per heavy atom. The Labute approximate surface area is 108 Å². The van der Waals surface area contributed by atoms with Crippen LogP contribution in [-0.2, 0) is 10.2 Å². The third-order valence-corrected chi connectivity index (χ3v) is 5.84. The molecule has 0 saturated carbocycles. The summed E-state index contributed by atoms with van der Waals surface area (Å²) in [6, 6.07) is 0. The van der Waals surface area contributed by atoms with Gasteiger partial charge < -0.3 is 5.73 Å². The molecule has 0 spiro atoms. The maximum absolute atomic E-state index is 12.3. The molecule has 0 aromatic carbocycles. The molecular weight excluding hydrogens is 258 g/mol. The smallest absolute Gasteiger partial charge is 0.281 e. The van der Waals surface area contributed by atoms with Gasteiger partial charge in [0.2, 0.25) is 0 Å². The monoisotopic (exact) mass is 277 g/mol. The number of piperidine rings is 1. The van der Waals surface area contributed by atoms with Crippen LogP contribution in [0.25, 0.3) is 0 Å². The van der Waals surface area contributed by atoms with Crippen molar-refractivity contribution in [3.63, 3.8) is 0 Å². The van der Waals surface area contributed by atoms with Gasteiger partial charge in [0.15, 0.2) is 0 Å². The van der Waals surface area contributed by atoms with Gasteiger partial charge in [0.25, 0.3) is 10.2 Å². The summed E-state index contributed by atoms with van der Waals surface area (Å²) in [6.45, 7) is 2.35. The second-order valence-electron chi connectivity index (χ2n) is 4.71. The third-order valence-electron chi connectivity index (χ3n) is 3.50. The molecule has 2 aliphatic rings. The maximum atomic E-state index is 12.3. The zero-order chi connectivity index (χ0) is 12.5. The van der Waals surface area contributed by atoms with Gasteiger partial charge in [0.1, 0.15) is 0 Å². The van der Waals surface area contributed by atoms with Gasteiger partial charge in [-0.3, -0.25) is 0 Å². The number of rotatable bonds is 3. The van der Waals surface area contributed by atoms with E-state index in [1.54, 1.807) is 8.61 Å². The first-order valence-corrected chi connectivity index (χ1v) is 7.87. The second kappa shape index (κ2) is 5.17. The molecule has 98 valence electrons. The van der Waals surface area contributed by atoms with Crippen LogP contribution in [0.4, 0.5) is 0 Å². The molecule has 0 aromatic rings. The molecule has 5 nitrogen and oxygen atoms in total. The Hall–Kier alpha value is -0.240. The standard InChI is InChI=1S/C10H19N3O2S2/c11-10(16)9-4-3-7-13(8-9)17(14,15)12-5-1-2-6-12/h9H,1-8H2,(H2,11,16). The molecule has 0 aromatic heterocycles. The van der Waals surface area contributed by atoms with Gasteiger partial charge in [0.05, 0.1) is 4.99 Å². The SMILES string of the molecule is NC(=S)C1CCCN(S(=O)(=O)N2CCCC2)C1. The van der Waals surface area contributed by atoms with Crippen LogP contribution in [-0.4, -0.2) is 48.2 Å². The van der Waals surface area contributed by atoms with Crippen LogP contribution in [0, 0.1) is 5.92 Å². The van der Waals surface area contributed by atoms with Crippen LogP contribution in [0.5, 0.6) is 0 Å². The molecule has 2 fully saturated rings. The van der Waals surface area contributed by atoms with Crippen molar-refractivity contribution in [2.45, 2.75) is 25.7 Å². The van der Waals surface area contributed by atoms with Crippen molar-refractivity contribution in [3.05, 3.63) is 0 Å². The molecule has 2 saturated heterocycles. The summed E-state index contributed by atoms with van der Waals surface area (Å²) in [5.41, 5.74) is 5.62. The molecule has 1 atom stereocenters. The number of nitrogens with two attached hydrogens (primary N) is 1. The van der Waals surface area contributed by atoms with Crippen LogP contribution in [0.15, 0.2) is 0 Å². The average Bonchev–Trinajstić information content (AvgIpc) is 2.83. The number of hydrogen-bond acceptors (Lipinski definition) is 3. The summed E-state index contributed by atoms with van der Waals surface area (Å²) in [5.74, 6) is 0.0381. The van der Waals surface area contributed by atoms with E-state index in [0.717, 1.165) is 25.7 Å². The van der Waals surface area contributed by atoms with Gasteiger partial charge in [-0.15, -0.1) is 0 Å². The molecule has 17 heavy (non-hydrogen) atoms. The Morgan fingerprint density at radius 1 is 1.12 bits per heavy atom. The van der Waals surface area contributed by atoms with Crippen LogP contribution < -0.4 is 5.73 Å². The van der Waals surface area contributed by atoms with E-state index in [-0.39, 0.29) is 5.92 Å². The molecule has 1 unspecified atom stereocenters. The van der Waals surface area contributed by atoms with E-state index in [9.17, 15) is 8.42 Å². The van der Waals surface area contributed by atoms with Gasteiger partial charge in [0, 0.05) is 32.1 Å². The second-order valence-corrected chi connectivity index (χ2v) is 7.11. The van der Waals surface area contributed by atoms with Gasteiger partial charge >= 0.3 is 0 Å². The third kappa shape index (κ3) is 2.78. The highest BCUT2D eigenvalue weighted by Crippen LogP contribution is 2.23. The van der Waals surface area contributed by atoms with E-state index < -0.39 is 10.2 Å². The molecule has 2 heterocycles. The van der Waals surface area contributed by atoms with Crippen molar-refractivity contribution in [2.24, 2.45) is 11.7 Å². The van der Waals surface area contributed by atoms with Crippen LogP contribution in [0.2, 0.25) is 0 Å². The van der Waals surface area contributed by atoms with E-state index in [1.165, 1.54) is 0 Å². The predicted octanol–water partition coefficient (Wildman–Crippen LogP) is 0.325. The minimum atomic E-state index is -3.28. The van der Waals surface area contributed by atoms with E-state index in [0.29, 0.717) is 31.2 Å². The largest absolute Gasteiger partial charge is 0.393 e. The molecule has 0 bridgehead atoms. The Bertz CT molecular complexity index is 390.